The summed E-state index contributed by atoms with van der Waals surface area (Å²) in [5.74, 6) is 0.902. The van der Waals surface area contributed by atoms with Crippen molar-refractivity contribution in [3.05, 3.63) is 0 Å². The molecule has 100 valence electrons. The van der Waals surface area contributed by atoms with Crippen molar-refractivity contribution in [1.29, 1.82) is 0 Å². The summed E-state index contributed by atoms with van der Waals surface area (Å²) in [5.41, 5.74) is 0. The lowest BCUT2D eigenvalue weighted by Gasteiger charge is -2.29. The van der Waals surface area contributed by atoms with Gasteiger partial charge in [0.25, 0.3) is 0 Å². The molecule has 2 aliphatic heterocycles. The first-order chi connectivity index (χ1) is 8.25. The molecule has 3 nitrogen and oxygen atoms in total. The highest BCUT2D eigenvalue weighted by molar-refractivity contribution is 4.78. The van der Waals surface area contributed by atoms with Crippen molar-refractivity contribution < 1.29 is 0 Å². The maximum Gasteiger partial charge on any atom is 0.0102 e. The highest BCUT2D eigenvalue weighted by atomic mass is 15.2. The molecule has 2 saturated heterocycles. The van der Waals surface area contributed by atoms with Crippen LogP contribution in [0.3, 0.4) is 0 Å². The van der Waals surface area contributed by atoms with Gasteiger partial charge in [0.15, 0.2) is 0 Å². The van der Waals surface area contributed by atoms with Crippen LogP contribution in [0.25, 0.3) is 0 Å². The summed E-state index contributed by atoms with van der Waals surface area (Å²) in [6.45, 7) is 6.43. The fourth-order valence-electron chi connectivity index (χ4n) is 3.28. The van der Waals surface area contributed by atoms with E-state index in [0.29, 0.717) is 0 Å². The Bertz CT molecular complexity index is 212. The maximum atomic E-state index is 3.53. The number of hydrogen-bond acceptors (Lipinski definition) is 3. The topological polar surface area (TPSA) is 18.5 Å². The molecule has 2 fully saturated rings. The van der Waals surface area contributed by atoms with Crippen LogP contribution in [0.1, 0.15) is 32.1 Å². The lowest BCUT2D eigenvalue weighted by molar-refractivity contribution is 0.206. The van der Waals surface area contributed by atoms with Gasteiger partial charge in [0, 0.05) is 12.6 Å². The molecular formula is C14H29N3. The largest absolute Gasteiger partial charge is 0.316 e. The van der Waals surface area contributed by atoms with Crippen LogP contribution < -0.4 is 5.32 Å². The van der Waals surface area contributed by atoms with Gasteiger partial charge in [0.05, 0.1) is 0 Å². The van der Waals surface area contributed by atoms with Crippen molar-refractivity contribution in [3.63, 3.8) is 0 Å². The van der Waals surface area contributed by atoms with E-state index in [1.54, 1.807) is 0 Å². The lowest BCUT2D eigenvalue weighted by Crippen LogP contribution is -2.39. The number of likely N-dealkylation sites (tertiary alicyclic amines) is 1. The maximum absolute atomic E-state index is 3.53. The highest BCUT2D eigenvalue weighted by Crippen LogP contribution is 2.18. The standard InChI is InChI=1S/C14H29N3/c1-16(2)14-6-4-9-17(10-7-14)12-13-5-3-8-15-11-13/h13-15H,3-12H2,1-2H3. The summed E-state index contributed by atoms with van der Waals surface area (Å²) in [4.78, 5) is 5.12. The fourth-order valence-corrected chi connectivity index (χ4v) is 3.28. The fraction of sp³-hybridized carbons (Fsp3) is 1.00. The van der Waals surface area contributed by atoms with Crippen molar-refractivity contribution in [3.8, 4) is 0 Å². The van der Waals surface area contributed by atoms with Crippen LogP contribution >= 0.6 is 0 Å². The number of hydrogen-bond donors (Lipinski definition) is 1. The molecule has 2 heterocycles. The van der Waals surface area contributed by atoms with Gasteiger partial charge >= 0.3 is 0 Å². The van der Waals surface area contributed by atoms with Crippen LogP contribution in [0, 0.1) is 5.92 Å². The molecular weight excluding hydrogens is 210 g/mol. The van der Waals surface area contributed by atoms with Crippen LogP contribution in [0.5, 0.6) is 0 Å². The van der Waals surface area contributed by atoms with E-state index >= 15 is 0 Å². The first-order valence-electron chi connectivity index (χ1n) is 7.35. The average Bonchev–Trinajstić information content (AvgIpc) is 2.56. The van der Waals surface area contributed by atoms with Crippen LogP contribution in [0.4, 0.5) is 0 Å². The Morgan fingerprint density at radius 3 is 2.71 bits per heavy atom. The smallest absolute Gasteiger partial charge is 0.0102 e. The minimum Gasteiger partial charge on any atom is -0.316 e. The Balaban J connectivity index is 1.74. The summed E-state index contributed by atoms with van der Waals surface area (Å²) in [5, 5.41) is 3.53. The zero-order valence-corrected chi connectivity index (χ0v) is 11.6. The number of nitrogens with zero attached hydrogens (tertiary/aromatic N) is 2. The van der Waals surface area contributed by atoms with Gasteiger partial charge in [-0.05, 0) is 78.3 Å². The molecule has 0 aliphatic carbocycles. The monoisotopic (exact) mass is 239 g/mol. The van der Waals surface area contributed by atoms with Gasteiger partial charge < -0.3 is 15.1 Å². The molecule has 0 aromatic rings. The van der Waals surface area contributed by atoms with Gasteiger partial charge in [-0.2, -0.15) is 0 Å². The van der Waals surface area contributed by atoms with E-state index in [0.717, 1.165) is 12.0 Å². The summed E-state index contributed by atoms with van der Waals surface area (Å²) in [6, 6.07) is 0.810. The third-order valence-electron chi connectivity index (χ3n) is 4.44. The van der Waals surface area contributed by atoms with E-state index in [1.807, 2.05) is 0 Å². The first kappa shape index (κ1) is 13.3. The number of piperidine rings is 1. The summed E-state index contributed by atoms with van der Waals surface area (Å²) in [7, 11) is 4.46. The van der Waals surface area contributed by atoms with Crippen LogP contribution in [-0.2, 0) is 0 Å². The summed E-state index contributed by atoms with van der Waals surface area (Å²) < 4.78 is 0. The Hall–Kier alpha value is -0.120. The molecule has 2 atom stereocenters. The van der Waals surface area contributed by atoms with Gasteiger partial charge in [-0.3, -0.25) is 0 Å². The van der Waals surface area contributed by atoms with Gasteiger partial charge in [-0.1, -0.05) is 0 Å². The van der Waals surface area contributed by atoms with Gasteiger partial charge in [0.1, 0.15) is 0 Å². The van der Waals surface area contributed by atoms with E-state index in [2.05, 4.69) is 29.2 Å². The SMILES string of the molecule is CN(C)C1CCCN(CC2CCCNC2)CC1. The molecule has 0 aromatic carbocycles. The Kier molecular flexibility index (Phi) is 5.26. The van der Waals surface area contributed by atoms with Crippen LogP contribution in [0.2, 0.25) is 0 Å². The molecule has 2 rings (SSSR count). The van der Waals surface area contributed by atoms with E-state index in [-0.39, 0.29) is 0 Å². The minimum atomic E-state index is 0.810. The van der Waals surface area contributed by atoms with Crippen molar-refractivity contribution in [2.45, 2.75) is 38.1 Å². The first-order valence-corrected chi connectivity index (χ1v) is 7.35. The second-order valence-electron chi connectivity index (χ2n) is 6.06. The second-order valence-corrected chi connectivity index (χ2v) is 6.06. The molecule has 0 saturated carbocycles. The predicted octanol–water partition coefficient (Wildman–Crippen LogP) is 1.40. The molecule has 2 unspecified atom stereocenters. The van der Waals surface area contributed by atoms with Crippen LogP contribution in [-0.4, -0.2) is 62.7 Å². The van der Waals surface area contributed by atoms with Crippen molar-refractivity contribution in [2.24, 2.45) is 5.92 Å². The molecule has 1 N–H and O–H groups in total. The van der Waals surface area contributed by atoms with Gasteiger partial charge in [-0.15, -0.1) is 0 Å². The van der Waals surface area contributed by atoms with E-state index in [9.17, 15) is 0 Å². The molecule has 2 aliphatic rings. The van der Waals surface area contributed by atoms with E-state index < -0.39 is 0 Å². The summed E-state index contributed by atoms with van der Waals surface area (Å²) >= 11 is 0. The Labute approximate surface area is 107 Å². The van der Waals surface area contributed by atoms with Crippen molar-refractivity contribution in [2.75, 3.05) is 46.8 Å². The molecule has 3 heteroatoms. The second kappa shape index (κ2) is 6.72. The molecule has 0 bridgehead atoms. The zero-order valence-electron chi connectivity index (χ0n) is 11.6. The number of nitrogens with one attached hydrogen (secondary N) is 1. The third-order valence-corrected chi connectivity index (χ3v) is 4.44. The highest BCUT2D eigenvalue weighted by Gasteiger charge is 2.21. The minimum absolute atomic E-state index is 0.810. The van der Waals surface area contributed by atoms with Crippen LogP contribution in [0.15, 0.2) is 0 Å². The average molecular weight is 239 g/mol. The molecule has 17 heavy (non-hydrogen) atoms. The number of rotatable bonds is 3. The van der Waals surface area contributed by atoms with Crippen molar-refractivity contribution >= 4 is 0 Å². The Morgan fingerprint density at radius 1 is 1.12 bits per heavy atom. The normalized spacial score (nSPS) is 32.6. The zero-order chi connectivity index (χ0) is 12.1. The molecule has 0 radical (unpaired) electrons. The van der Waals surface area contributed by atoms with Gasteiger partial charge in [0.2, 0.25) is 0 Å². The van der Waals surface area contributed by atoms with Crippen molar-refractivity contribution in [1.82, 2.24) is 15.1 Å². The molecule has 0 spiro atoms. The summed E-state index contributed by atoms with van der Waals surface area (Å²) in [6.07, 6.45) is 6.92. The Morgan fingerprint density at radius 2 is 2.00 bits per heavy atom. The molecule has 0 aromatic heterocycles. The lowest BCUT2D eigenvalue weighted by atomic mass is 9.99. The third kappa shape index (κ3) is 4.23. The van der Waals surface area contributed by atoms with Gasteiger partial charge in [-0.25, -0.2) is 0 Å². The molecule has 0 amide bonds. The predicted molar refractivity (Wildman–Crippen MR) is 73.4 cm³/mol. The van der Waals surface area contributed by atoms with E-state index in [4.69, 9.17) is 0 Å². The quantitative estimate of drug-likeness (QED) is 0.803. The van der Waals surface area contributed by atoms with E-state index in [1.165, 1.54) is 64.8 Å².